The zero-order valence-corrected chi connectivity index (χ0v) is 27.8. The van der Waals surface area contributed by atoms with Crippen molar-refractivity contribution in [2.45, 2.75) is 46.0 Å². The average molecular weight is 646 g/mol. The van der Waals surface area contributed by atoms with E-state index in [2.05, 4.69) is 58.3 Å². The largest absolute Gasteiger partial charge is 0.494 e. The Hall–Kier alpha value is -3.92. The highest BCUT2D eigenvalue weighted by atomic mass is 35.5. The van der Waals surface area contributed by atoms with Crippen LogP contribution in [0.4, 0.5) is 17.3 Å². The molecule has 0 spiro atoms. The van der Waals surface area contributed by atoms with E-state index in [-0.39, 0.29) is 5.91 Å². The molecule has 1 aliphatic carbocycles. The maximum Gasteiger partial charge on any atom is 0.247 e. The van der Waals surface area contributed by atoms with Gasteiger partial charge in [-0.1, -0.05) is 55.8 Å². The van der Waals surface area contributed by atoms with Crippen molar-refractivity contribution in [2.24, 2.45) is 5.92 Å². The molecule has 1 saturated heterocycles. The fourth-order valence-corrected chi connectivity index (χ4v) is 6.37. The van der Waals surface area contributed by atoms with E-state index < -0.39 is 0 Å². The van der Waals surface area contributed by atoms with Crippen LogP contribution in [-0.4, -0.2) is 67.3 Å². The number of aromatic nitrogens is 2. The van der Waals surface area contributed by atoms with Crippen LogP contribution in [0, 0.1) is 5.92 Å². The van der Waals surface area contributed by atoms with Crippen LogP contribution in [-0.2, 0) is 22.4 Å². The number of rotatable bonds is 12. The zero-order valence-electron chi connectivity index (χ0n) is 27.0. The highest BCUT2D eigenvalue weighted by Crippen LogP contribution is 2.39. The third-order valence-electron chi connectivity index (χ3n) is 8.74. The Morgan fingerprint density at radius 1 is 1.22 bits per heavy atom. The Morgan fingerprint density at radius 3 is 2.78 bits per heavy atom. The zero-order chi connectivity index (χ0) is 32.5. The van der Waals surface area contributed by atoms with Crippen LogP contribution < -0.4 is 20.1 Å². The van der Waals surface area contributed by atoms with Gasteiger partial charge in [0.25, 0.3) is 0 Å². The number of nitrogens with one attached hydrogen (secondary N) is 2. The SMILES string of the molecule is C=CC(=O)Nc1cc(Nc2ncc(Cl)c(C(=CC)c3cccc4c3CC(CC)CCC4)n2)c(OC)cc1OCCN1CCOCC1. The third kappa shape index (κ3) is 8.07. The molecule has 0 bridgehead atoms. The maximum atomic E-state index is 12.4. The number of aryl methyl sites for hydroxylation is 1. The number of carbonyl (C=O) groups is 1. The standard InChI is InChI=1S/C36H44ClN5O4/c1-5-24-10-8-11-25-12-9-13-27(28(25)20-24)26(6-2)35-29(37)23-38-36(41-35)40-30-21-31(39-34(43)7-3)33(22-32(30)44-4)46-19-16-42-14-17-45-18-15-42/h6-7,9,12-13,21-24H,3,5,8,10-11,14-20H2,1-2,4H3,(H,39,43)(H,38,40,41). The van der Waals surface area contributed by atoms with Crippen LogP contribution in [0.15, 0.2) is 55.3 Å². The lowest BCUT2D eigenvalue weighted by atomic mass is 9.87. The van der Waals surface area contributed by atoms with Gasteiger partial charge in [-0.25, -0.2) is 9.97 Å². The first-order valence-electron chi connectivity index (χ1n) is 16.1. The van der Waals surface area contributed by atoms with Crippen molar-refractivity contribution >= 4 is 40.4 Å². The van der Waals surface area contributed by atoms with Gasteiger partial charge in [-0.15, -0.1) is 0 Å². The number of allylic oxidation sites excluding steroid dienone is 1. The summed E-state index contributed by atoms with van der Waals surface area (Å²) in [5.74, 6) is 1.63. The molecule has 0 radical (unpaired) electrons. The van der Waals surface area contributed by atoms with E-state index in [9.17, 15) is 4.79 Å². The molecule has 0 saturated carbocycles. The van der Waals surface area contributed by atoms with E-state index >= 15 is 0 Å². The molecule has 1 atom stereocenters. The quantitative estimate of drug-likeness (QED) is 0.159. The summed E-state index contributed by atoms with van der Waals surface area (Å²) in [5.41, 5.74) is 6.60. The Bertz CT molecular complexity index is 1570. The lowest BCUT2D eigenvalue weighted by molar-refractivity contribution is -0.111. The molecule has 5 rings (SSSR count). The molecule has 244 valence electrons. The molecule has 1 unspecified atom stereocenters. The summed E-state index contributed by atoms with van der Waals surface area (Å²) in [7, 11) is 1.58. The van der Waals surface area contributed by atoms with Crippen molar-refractivity contribution in [3.8, 4) is 11.5 Å². The number of carbonyl (C=O) groups excluding carboxylic acids is 1. The van der Waals surface area contributed by atoms with Gasteiger partial charge in [0.1, 0.15) is 18.1 Å². The van der Waals surface area contributed by atoms with Crippen LogP contribution in [0.1, 0.15) is 55.5 Å². The molecule has 1 amide bonds. The number of hydrogen-bond acceptors (Lipinski definition) is 8. The van der Waals surface area contributed by atoms with Crippen molar-refractivity contribution in [2.75, 3.05) is 57.2 Å². The van der Waals surface area contributed by atoms with Crippen molar-refractivity contribution in [3.63, 3.8) is 0 Å². The number of fused-ring (bicyclic) bond motifs is 1. The van der Waals surface area contributed by atoms with Crippen LogP contribution in [0.25, 0.3) is 5.57 Å². The van der Waals surface area contributed by atoms with E-state index in [1.54, 1.807) is 25.4 Å². The van der Waals surface area contributed by atoms with E-state index in [1.165, 1.54) is 30.0 Å². The van der Waals surface area contributed by atoms with Gasteiger partial charge in [-0.3, -0.25) is 9.69 Å². The number of hydrogen-bond donors (Lipinski definition) is 2. The lowest BCUT2D eigenvalue weighted by Crippen LogP contribution is -2.38. The minimum Gasteiger partial charge on any atom is -0.494 e. The molecule has 10 heteroatoms. The van der Waals surface area contributed by atoms with Gasteiger partial charge >= 0.3 is 0 Å². The lowest BCUT2D eigenvalue weighted by Gasteiger charge is -2.26. The molecular formula is C36H44ClN5O4. The second kappa shape index (κ2) is 16.1. The van der Waals surface area contributed by atoms with Crippen LogP contribution in [0.5, 0.6) is 11.5 Å². The van der Waals surface area contributed by atoms with E-state index in [0.29, 0.717) is 65.3 Å². The van der Waals surface area contributed by atoms with E-state index in [1.807, 2.05) is 6.92 Å². The van der Waals surface area contributed by atoms with Crippen LogP contribution >= 0.6 is 11.6 Å². The molecular weight excluding hydrogens is 602 g/mol. The molecule has 3 aromatic rings. The molecule has 2 aliphatic rings. The first kappa shape index (κ1) is 33.4. The summed E-state index contributed by atoms with van der Waals surface area (Å²) in [6, 6.07) is 10.1. The van der Waals surface area contributed by atoms with Crippen molar-refractivity contribution in [1.29, 1.82) is 0 Å². The molecule has 9 nitrogen and oxygen atoms in total. The van der Waals surface area contributed by atoms with Gasteiger partial charge in [0, 0.05) is 31.3 Å². The monoisotopic (exact) mass is 645 g/mol. The Morgan fingerprint density at radius 2 is 2.04 bits per heavy atom. The minimum atomic E-state index is -0.357. The summed E-state index contributed by atoms with van der Waals surface area (Å²) < 4.78 is 17.3. The number of benzene rings is 2. The summed E-state index contributed by atoms with van der Waals surface area (Å²) >= 11 is 6.77. The van der Waals surface area contributed by atoms with Gasteiger partial charge < -0.3 is 24.8 Å². The van der Waals surface area contributed by atoms with Crippen molar-refractivity contribution < 1.29 is 19.0 Å². The molecule has 1 aromatic heterocycles. The number of nitrogens with zero attached hydrogens (tertiary/aromatic N) is 3. The molecule has 46 heavy (non-hydrogen) atoms. The normalized spacial score (nSPS) is 17.0. The van der Waals surface area contributed by atoms with Gasteiger partial charge in [-0.05, 0) is 67.4 Å². The van der Waals surface area contributed by atoms with E-state index in [0.717, 1.165) is 50.0 Å². The predicted molar refractivity (Wildman–Crippen MR) is 185 cm³/mol. The van der Waals surface area contributed by atoms with Gasteiger partial charge in [-0.2, -0.15) is 0 Å². The number of anilines is 3. The fourth-order valence-electron chi connectivity index (χ4n) is 6.18. The van der Waals surface area contributed by atoms with Crippen LogP contribution in [0.3, 0.4) is 0 Å². The second-order valence-corrected chi connectivity index (χ2v) is 12.0. The Kier molecular flexibility index (Phi) is 11.7. The molecule has 2 N–H and O–H groups in total. The predicted octanol–water partition coefficient (Wildman–Crippen LogP) is 7.07. The minimum absolute atomic E-state index is 0.340. The maximum absolute atomic E-state index is 12.4. The summed E-state index contributed by atoms with van der Waals surface area (Å²) in [6.45, 7) is 12.2. The smallest absolute Gasteiger partial charge is 0.247 e. The Labute approximate surface area is 277 Å². The van der Waals surface area contributed by atoms with Gasteiger partial charge in [0.2, 0.25) is 11.9 Å². The molecule has 2 aromatic carbocycles. The van der Waals surface area contributed by atoms with Gasteiger partial charge in [0.05, 0.1) is 48.6 Å². The fraction of sp³-hybridized carbons (Fsp3) is 0.417. The molecule has 1 fully saturated rings. The summed E-state index contributed by atoms with van der Waals surface area (Å²) in [5, 5.41) is 6.61. The third-order valence-corrected chi connectivity index (χ3v) is 9.02. The molecule has 2 heterocycles. The van der Waals surface area contributed by atoms with Crippen LogP contribution in [0.2, 0.25) is 5.02 Å². The highest BCUT2D eigenvalue weighted by molar-refractivity contribution is 6.32. The number of ether oxygens (including phenoxy) is 3. The second-order valence-electron chi connectivity index (χ2n) is 11.6. The number of methoxy groups -OCH3 is 1. The van der Waals surface area contributed by atoms with Crippen molar-refractivity contribution in [1.82, 2.24) is 14.9 Å². The van der Waals surface area contributed by atoms with E-state index in [4.69, 9.17) is 30.8 Å². The number of morpholine rings is 1. The summed E-state index contributed by atoms with van der Waals surface area (Å²) in [4.78, 5) is 24.0. The first-order valence-corrected chi connectivity index (χ1v) is 16.5. The molecule has 1 aliphatic heterocycles. The average Bonchev–Trinajstić information content (AvgIpc) is 3.30. The first-order chi connectivity index (χ1) is 22.4. The Balaban J connectivity index is 1.44. The van der Waals surface area contributed by atoms with Crippen molar-refractivity contribution in [3.05, 3.63) is 82.7 Å². The summed E-state index contributed by atoms with van der Waals surface area (Å²) in [6.07, 6.45) is 10.6. The number of halogens is 1. The number of amides is 1. The van der Waals surface area contributed by atoms with Gasteiger partial charge in [0.15, 0.2) is 0 Å². The highest BCUT2D eigenvalue weighted by Gasteiger charge is 2.23. The topological polar surface area (TPSA) is 97.8 Å².